The SMILES string of the molecule is COC(=O)C(NCCNC(=O)N(C)C)C1CC1. The number of urea groups is 1. The van der Waals surface area contributed by atoms with Crippen LogP contribution in [0.1, 0.15) is 12.8 Å². The Morgan fingerprint density at radius 3 is 2.47 bits per heavy atom. The monoisotopic (exact) mass is 243 g/mol. The van der Waals surface area contributed by atoms with E-state index in [0.717, 1.165) is 12.8 Å². The minimum absolute atomic E-state index is 0.132. The van der Waals surface area contributed by atoms with Gasteiger partial charge in [-0.15, -0.1) is 0 Å². The van der Waals surface area contributed by atoms with Crippen molar-refractivity contribution in [3.05, 3.63) is 0 Å². The largest absolute Gasteiger partial charge is 0.468 e. The number of hydrogen-bond donors (Lipinski definition) is 2. The van der Waals surface area contributed by atoms with E-state index in [9.17, 15) is 9.59 Å². The van der Waals surface area contributed by atoms with Gasteiger partial charge in [-0.25, -0.2) is 4.79 Å². The molecule has 0 aromatic heterocycles. The zero-order chi connectivity index (χ0) is 12.8. The first-order valence-electron chi connectivity index (χ1n) is 5.82. The molecular formula is C11H21N3O3. The van der Waals surface area contributed by atoms with Gasteiger partial charge in [0.05, 0.1) is 7.11 Å². The number of nitrogens with zero attached hydrogens (tertiary/aromatic N) is 1. The first-order valence-corrected chi connectivity index (χ1v) is 5.82. The fourth-order valence-corrected chi connectivity index (χ4v) is 1.55. The molecule has 1 rings (SSSR count). The summed E-state index contributed by atoms with van der Waals surface area (Å²) in [5.74, 6) is 0.179. The summed E-state index contributed by atoms with van der Waals surface area (Å²) in [6, 6.07) is -0.357. The van der Waals surface area contributed by atoms with Crippen LogP contribution in [0.5, 0.6) is 0 Å². The highest BCUT2D eigenvalue weighted by Crippen LogP contribution is 2.32. The number of rotatable bonds is 6. The maximum absolute atomic E-state index is 11.4. The molecule has 0 spiro atoms. The third-order valence-electron chi connectivity index (χ3n) is 2.72. The zero-order valence-electron chi connectivity index (χ0n) is 10.7. The summed E-state index contributed by atoms with van der Waals surface area (Å²) in [6.45, 7) is 1.06. The number of carbonyl (C=O) groups excluding carboxylic acids is 2. The molecule has 6 heteroatoms. The van der Waals surface area contributed by atoms with Gasteiger partial charge in [-0.1, -0.05) is 0 Å². The van der Waals surface area contributed by atoms with Crippen LogP contribution in [-0.2, 0) is 9.53 Å². The standard InChI is InChI=1S/C11H21N3O3/c1-14(2)11(16)13-7-6-12-9(8-4-5-8)10(15)17-3/h8-9,12H,4-7H2,1-3H3,(H,13,16). The highest BCUT2D eigenvalue weighted by atomic mass is 16.5. The van der Waals surface area contributed by atoms with Crippen LogP contribution < -0.4 is 10.6 Å². The third-order valence-corrected chi connectivity index (χ3v) is 2.72. The summed E-state index contributed by atoms with van der Waals surface area (Å²) in [4.78, 5) is 24.1. The van der Waals surface area contributed by atoms with Crippen molar-refractivity contribution in [1.29, 1.82) is 0 Å². The second-order valence-corrected chi connectivity index (χ2v) is 4.42. The number of hydrogen-bond acceptors (Lipinski definition) is 4. The molecule has 1 fully saturated rings. The minimum Gasteiger partial charge on any atom is -0.468 e. The quantitative estimate of drug-likeness (QED) is 0.500. The molecule has 0 aromatic rings. The highest BCUT2D eigenvalue weighted by molar-refractivity contribution is 5.76. The van der Waals surface area contributed by atoms with E-state index in [4.69, 9.17) is 4.74 Å². The number of nitrogens with one attached hydrogen (secondary N) is 2. The summed E-state index contributed by atoms with van der Waals surface area (Å²) in [5, 5.41) is 5.84. The van der Waals surface area contributed by atoms with Crippen LogP contribution in [0.2, 0.25) is 0 Å². The maximum Gasteiger partial charge on any atom is 0.323 e. The number of amides is 2. The molecule has 98 valence electrons. The number of esters is 1. The Balaban J connectivity index is 2.19. The van der Waals surface area contributed by atoms with Gasteiger partial charge in [-0.05, 0) is 18.8 Å². The van der Waals surface area contributed by atoms with E-state index in [-0.39, 0.29) is 18.0 Å². The van der Waals surface area contributed by atoms with E-state index < -0.39 is 0 Å². The molecule has 2 amide bonds. The van der Waals surface area contributed by atoms with Gasteiger partial charge >= 0.3 is 12.0 Å². The van der Waals surface area contributed by atoms with Crippen molar-refractivity contribution in [2.45, 2.75) is 18.9 Å². The molecule has 2 N–H and O–H groups in total. The zero-order valence-corrected chi connectivity index (χ0v) is 10.7. The lowest BCUT2D eigenvalue weighted by molar-refractivity contribution is -0.143. The van der Waals surface area contributed by atoms with Gasteiger partial charge in [0.2, 0.25) is 0 Å². The Kier molecular flexibility index (Phi) is 5.21. The Hall–Kier alpha value is -1.30. The van der Waals surface area contributed by atoms with Crippen LogP contribution in [0, 0.1) is 5.92 Å². The minimum atomic E-state index is -0.226. The third kappa shape index (κ3) is 4.60. The van der Waals surface area contributed by atoms with Gasteiger partial charge in [0.25, 0.3) is 0 Å². The van der Waals surface area contributed by atoms with E-state index in [1.807, 2.05) is 0 Å². The Bertz CT molecular complexity index is 277. The topological polar surface area (TPSA) is 70.7 Å². The van der Waals surface area contributed by atoms with Crippen molar-refractivity contribution in [3.8, 4) is 0 Å². The van der Waals surface area contributed by atoms with E-state index >= 15 is 0 Å². The predicted octanol–water partition coefficient (Wildman–Crippen LogP) is -0.201. The Labute approximate surface area is 102 Å². The maximum atomic E-state index is 11.4. The molecule has 6 nitrogen and oxygen atoms in total. The number of ether oxygens (including phenoxy) is 1. The van der Waals surface area contributed by atoms with Crippen molar-refractivity contribution in [1.82, 2.24) is 15.5 Å². The highest BCUT2D eigenvalue weighted by Gasteiger charge is 2.36. The van der Waals surface area contributed by atoms with Gasteiger partial charge < -0.3 is 20.3 Å². The summed E-state index contributed by atoms with van der Waals surface area (Å²) in [5.41, 5.74) is 0. The summed E-state index contributed by atoms with van der Waals surface area (Å²) in [7, 11) is 4.77. The molecular weight excluding hydrogens is 222 g/mol. The van der Waals surface area contributed by atoms with Crippen LogP contribution in [0.3, 0.4) is 0 Å². The molecule has 17 heavy (non-hydrogen) atoms. The molecule has 0 bridgehead atoms. The van der Waals surface area contributed by atoms with Crippen LogP contribution in [0.4, 0.5) is 4.79 Å². The predicted molar refractivity (Wildman–Crippen MR) is 63.6 cm³/mol. The fraction of sp³-hybridized carbons (Fsp3) is 0.818. The van der Waals surface area contributed by atoms with Gasteiger partial charge in [-0.2, -0.15) is 0 Å². The van der Waals surface area contributed by atoms with E-state index in [0.29, 0.717) is 19.0 Å². The fourth-order valence-electron chi connectivity index (χ4n) is 1.55. The lowest BCUT2D eigenvalue weighted by Crippen LogP contribution is -2.44. The van der Waals surface area contributed by atoms with Crippen LogP contribution in [0.15, 0.2) is 0 Å². The summed E-state index contributed by atoms with van der Waals surface area (Å²) < 4.78 is 4.73. The number of methoxy groups -OCH3 is 1. The molecule has 0 radical (unpaired) electrons. The average Bonchev–Trinajstić information content (AvgIpc) is 3.11. The lowest BCUT2D eigenvalue weighted by atomic mass is 10.2. The van der Waals surface area contributed by atoms with Crippen LogP contribution >= 0.6 is 0 Å². The average molecular weight is 243 g/mol. The second-order valence-electron chi connectivity index (χ2n) is 4.42. The lowest BCUT2D eigenvalue weighted by Gasteiger charge is -2.16. The molecule has 1 saturated carbocycles. The van der Waals surface area contributed by atoms with Gasteiger partial charge in [0, 0.05) is 27.2 Å². The van der Waals surface area contributed by atoms with Gasteiger partial charge in [0.1, 0.15) is 6.04 Å². The molecule has 1 atom stereocenters. The van der Waals surface area contributed by atoms with Crippen molar-refractivity contribution >= 4 is 12.0 Å². The second kappa shape index (κ2) is 6.44. The Morgan fingerprint density at radius 1 is 1.35 bits per heavy atom. The van der Waals surface area contributed by atoms with Crippen LogP contribution in [0.25, 0.3) is 0 Å². The summed E-state index contributed by atoms with van der Waals surface area (Å²) >= 11 is 0. The number of carbonyl (C=O) groups is 2. The Morgan fingerprint density at radius 2 is 2.00 bits per heavy atom. The molecule has 0 aromatic carbocycles. The molecule has 1 unspecified atom stereocenters. The van der Waals surface area contributed by atoms with Crippen molar-refractivity contribution in [2.24, 2.45) is 5.92 Å². The van der Waals surface area contributed by atoms with Crippen LogP contribution in [-0.4, -0.2) is 57.2 Å². The van der Waals surface area contributed by atoms with E-state index in [1.165, 1.54) is 12.0 Å². The summed E-state index contributed by atoms with van der Waals surface area (Å²) in [6.07, 6.45) is 2.13. The smallest absolute Gasteiger partial charge is 0.323 e. The van der Waals surface area contributed by atoms with E-state index in [1.54, 1.807) is 14.1 Å². The molecule has 0 aliphatic heterocycles. The van der Waals surface area contributed by atoms with Crippen molar-refractivity contribution < 1.29 is 14.3 Å². The van der Waals surface area contributed by atoms with Gasteiger partial charge in [-0.3, -0.25) is 4.79 Å². The van der Waals surface area contributed by atoms with Crippen molar-refractivity contribution in [3.63, 3.8) is 0 Å². The molecule has 0 saturated heterocycles. The van der Waals surface area contributed by atoms with E-state index in [2.05, 4.69) is 10.6 Å². The van der Waals surface area contributed by atoms with Gasteiger partial charge in [0.15, 0.2) is 0 Å². The molecule has 1 aliphatic carbocycles. The van der Waals surface area contributed by atoms with Crippen molar-refractivity contribution in [2.75, 3.05) is 34.3 Å². The molecule has 1 aliphatic rings. The normalized spacial score (nSPS) is 16.2. The first-order chi connectivity index (χ1) is 8.06. The first kappa shape index (κ1) is 13.8. The molecule has 0 heterocycles.